The van der Waals surface area contributed by atoms with Crippen molar-refractivity contribution in [3.05, 3.63) is 48.4 Å². The Balaban J connectivity index is 1.95. The number of fused-ring (bicyclic) bond motifs is 1. The van der Waals surface area contributed by atoms with Gasteiger partial charge in [-0.25, -0.2) is 9.97 Å². The summed E-state index contributed by atoms with van der Waals surface area (Å²) < 4.78 is 0. The number of aromatic nitrogens is 3. The maximum atomic E-state index is 11.7. The molecule has 1 aromatic carbocycles. The smallest absolute Gasteiger partial charge is 0.271 e. The third kappa shape index (κ3) is 4.14. The average Bonchev–Trinajstić information content (AvgIpc) is 2.65. The maximum Gasteiger partial charge on any atom is 0.271 e. The zero-order valence-electron chi connectivity index (χ0n) is 15.5. The summed E-state index contributed by atoms with van der Waals surface area (Å²) in [5.74, 6) is -0.855. The van der Waals surface area contributed by atoms with Gasteiger partial charge in [0.2, 0.25) is 5.91 Å². The van der Waals surface area contributed by atoms with Gasteiger partial charge in [0, 0.05) is 5.39 Å². The molecule has 3 aromatic rings. The van der Waals surface area contributed by atoms with Crippen molar-refractivity contribution in [2.24, 2.45) is 17.4 Å². The van der Waals surface area contributed by atoms with Gasteiger partial charge in [-0.1, -0.05) is 32.0 Å². The predicted octanol–water partition coefficient (Wildman–Crippen LogP) is 1.79. The Morgan fingerprint density at radius 1 is 1.07 bits per heavy atom. The number of anilines is 3. The fourth-order valence-corrected chi connectivity index (χ4v) is 2.73. The summed E-state index contributed by atoms with van der Waals surface area (Å²) in [6.45, 7) is 3.71. The molecule has 144 valence electrons. The van der Waals surface area contributed by atoms with Gasteiger partial charge in [0.1, 0.15) is 11.9 Å². The number of para-hydroxylation sites is 1. The zero-order chi connectivity index (χ0) is 20.3. The van der Waals surface area contributed by atoms with Gasteiger partial charge in [-0.2, -0.15) is 0 Å². The number of nitrogens with zero attached hydrogens (tertiary/aromatic N) is 3. The quantitative estimate of drug-likeness (QED) is 0.489. The van der Waals surface area contributed by atoms with Crippen molar-refractivity contribution in [1.82, 2.24) is 15.0 Å². The lowest BCUT2D eigenvalue weighted by Gasteiger charge is -2.20. The number of pyridine rings is 1. The summed E-state index contributed by atoms with van der Waals surface area (Å²) in [7, 11) is 0. The van der Waals surface area contributed by atoms with Gasteiger partial charge in [-0.05, 0) is 18.1 Å². The minimum absolute atomic E-state index is 0.0288. The Kier molecular flexibility index (Phi) is 5.35. The third-order valence-electron chi connectivity index (χ3n) is 4.14. The van der Waals surface area contributed by atoms with Crippen LogP contribution in [0.25, 0.3) is 10.9 Å². The van der Waals surface area contributed by atoms with Gasteiger partial charge in [0.15, 0.2) is 11.5 Å². The predicted molar refractivity (Wildman–Crippen MR) is 107 cm³/mol. The fourth-order valence-electron chi connectivity index (χ4n) is 2.73. The van der Waals surface area contributed by atoms with Gasteiger partial charge in [0.05, 0.1) is 23.6 Å². The van der Waals surface area contributed by atoms with E-state index >= 15 is 0 Å². The Hall–Kier alpha value is -3.75. The molecule has 6 N–H and O–H groups in total. The standard InChI is InChI=1S/C19H21N7O2/c1-10(2)15(17(20)27)25-14-9-23-16(18(21)28)19(26-14)24-12-7-11-5-3-4-6-13(11)22-8-12/h3-10,15H,1-2H3,(H2,20,27)(H2,21,28)(H2,24,25,26)/t15-/m1/s1. The molecule has 0 saturated heterocycles. The number of benzene rings is 1. The number of hydrogen-bond donors (Lipinski definition) is 4. The highest BCUT2D eigenvalue weighted by molar-refractivity contribution is 5.96. The van der Waals surface area contributed by atoms with Crippen LogP contribution in [0.4, 0.5) is 17.3 Å². The maximum absolute atomic E-state index is 11.7. The van der Waals surface area contributed by atoms with Crippen LogP contribution in [0, 0.1) is 5.92 Å². The number of rotatable bonds is 7. The molecule has 0 radical (unpaired) electrons. The monoisotopic (exact) mass is 379 g/mol. The van der Waals surface area contributed by atoms with Crippen molar-refractivity contribution in [3.63, 3.8) is 0 Å². The minimum atomic E-state index is -0.731. The zero-order valence-corrected chi connectivity index (χ0v) is 15.5. The third-order valence-corrected chi connectivity index (χ3v) is 4.14. The normalized spacial score (nSPS) is 12.0. The lowest BCUT2D eigenvalue weighted by molar-refractivity contribution is -0.119. The number of hydrogen-bond acceptors (Lipinski definition) is 7. The van der Waals surface area contributed by atoms with E-state index in [1.807, 2.05) is 44.2 Å². The molecule has 9 heteroatoms. The Morgan fingerprint density at radius 3 is 2.50 bits per heavy atom. The molecule has 0 bridgehead atoms. The van der Waals surface area contributed by atoms with Crippen molar-refractivity contribution in [2.45, 2.75) is 19.9 Å². The molecule has 0 aliphatic carbocycles. The first-order valence-electron chi connectivity index (χ1n) is 8.69. The van der Waals surface area contributed by atoms with Crippen LogP contribution in [0.5, 0.6) is 0 Å². The molecule has 2 heterocycles. The van der Waals surface area contributed by atoms with Crippen LogP contribution in [-0.4, -0.2) is 32.8 Å². The van der Waals surface area contributed by atoms with Crippen LogP contribution >= 0.6 is 0 Å². The van der Waals surface area contributed by atoms with E-state index < -0.39 is 17.9 Å². The summed E-state index contributed by atoms with van der Waals surface area (Å²) >= 11 is 0. The van der Waals surface area contributed by atoms with E-state index in [9.17, 15) is 9.59 Å². The van der Waals surface area contributed by atoms with Crippen LogP contribution in [0.2, 0.25) is 0 Å². The SMILES string of the molecule is CC(C)[C@@H](Nc1cnc(C(N)=O)c(Nc2cnc3ccccc3c2)n1)C(N)=O. The summed E-state index contributed by atoms with van der Waals surface area (Å²) in [6.07, 6.45) is 2.96. The average molecular weight is 379 g/mol. The van der Waals surface area contributed by atoms with Gasteiger partial charge >= 0.3 is 0 Å². The van der Waals surface area contributed by atoms with Crippen molar-refractivity contribution < 1.29 is 9.59 Å². The van der Waals surface area contributed by atoms with Crippen LogP contribution < -0.4 is 22.1 Å². The lowest BCUT2D eigenvalue weighted by Crippen LogP contribution is -2.39. The second kappa shape index (κ2) is 7.87. The molecule has 0 aliphatic rings. The van der Waals surface area contributed by atoms with Crippen LogP contribution in [0.15, 0.2) is 42.7 Å². The summed E-state index contributed by atoms with van der Waals surface area (Å²) in [6, 6.07) is 8.86. The van der Waals surface area contributed by atoms with Gasteiger partial charge in [-0.15, -0.1) is 0 Å². The van der Waals surface area contributed by atoms with E-state index in [1.165, 1.54) is 6.20 Å². The molecular weight excluding hydrogens is 358 g/mol. The summed E-state index contributed by atoms with van der Waals surface area (Å²) in [4.78, 5) is 36.2. The molecule has 0 fully saturated rings. The second-order valence-electron chi connectivity index (χ2n) is 6.63. The molecule has 9 nitrogen and oxygen atoms in total. The second-order valence-corrected chi connectivity index (χ2v) is 6.63. The number of carbonyl (C=O) groups excluding carboxylic acids is 2. The van der Waals surface area contributed by atoms with E-state index in [0.717, 1.165) is 10.9 Å². The summed E-state index contributed by atoms with van der Waals surface area (Å²) in [5, 5.41) is 6.89. The molecule has 28 heavy (non-hydrogen) atoms. The first-order valence-corrected chi connectivity index (χ1v) is 8.69. The molecule has 1 atom stereocenters. The Labute approximate surface area is 161 Å². The molecule has 2 amide bonds. The Morgan fingerprint density at radius 2 is 1.82 bits per heavy atom. The van der Waals surface area contributed by atoms with Crippen molar-refractivity contribution in [2.75, 3.05) is 10.6 Å². The molecule has 0 aliphatic heterocycles. The van der Waals surface area contributed by atoms with Gasteiger partial charge in [0.25, 0.3) is 5.91 Å². The molecule has 0 saturated carbocycles. The first-order chi connectivity index (χ1) is 13.3. The molecule has 0 spiro atoms. The highest BCUT2D eigenvalue weighted by Crippen LogP contribution is 2.22. The largest absolute Gasteiger partial charge is 0.368 e. The molecular formula is C19H21N7O2. The van der Waals surface area contributed by atoms with E-state index in [2.05, 4.69) is 25.6 Å². The highest BCUT2D eigenvalue weighted by Gasteiger charge is 2.21. The number of nitrogens with one attached hydrogen (secondary N) is 2. The van der Waals surface area contributed by atoms with Crippen LogP contribution in [0.3, 0.4) is 0 Å². The number of nitrogens with two attached hydrogens (primary N) is 2. The number of amides is 2. The van der Waals surface area contributed by atoms with Gasteiger partial charge in [-0.3, -0.25) is 14.6 Å². The lowest BCUT2D eigenvalue weighted by atomic mass is 10.0. The van der Waals surface area contributed by atoms with Crippen molar-refractivity contribution in [1.29, 1.82) is 0 Å². The van der Waals surface area contributed by atoms with E-state index in [4.69, 9.17) is 11.5 Å². The number of carbonyl (C=O) groups is 2. The molecule has 0 unspecified atom stereocenters. The topological polar surface area (TPSA) is 149 Å². The fraction of sp³-hybridized carbons (Fsp3) is 0.211. The van der Waals surface area contributed by atoms with E-state index in [1.54, 1.807) is 6.20 Å². The van der Waals surface area contributed by atoms with Gasteiger partial charge < -0.3 is 22.1 Å². The van der Waals surface area contributed by atoms with Crippen LogP contribution in [-0.2, 0) is 4.79 Å². The molecule has 3 rings (SSSR count). The highest BCUT2D eigenvalue weighted by atomic mass is 16.1. The van der Waals surface area contributed by atoms with Crippen molar-refractivity contribution >= 4 is 40.0 Å². The van der Waals surface area contributed by atoms with E-state index in [-0.39, 0.29) is 17.4 Å². The minimum Gasteiger partial charge on any atom is -0.368 e. The van der Waals surface area contributed by atoms with Crippen molar-refractivity contribution in [3.8, 4) is 0 Å². The van der Waals surface area contributed by atoms with Crippen LogP contribution in [0.1, 0.15) is 24.3 Å². The summed E-state index contributed by atoms with van der Waals surface area (Å²) in [5.41, 5.74) is 12.3. The first kappa shape index (κ1) is 19.0. The Bertz CT molecular complexity index is 1040. The van der Waals surface area contributed by atoms with E-state index in [0.29, 0.717) is 11.5 Å². The molecule has 2 aromatic heterocycles. The number of primary amides is 2.